The summed E-state index contributed by atoms with van der Waals surface area (Å²) < 4.78 is 13.3. The molecule has 1 fully saturated rings. The first-order chi connectivity index (χ1) is 16.1. The van der Waals surface area contributed by atoms with Crippen molar-refractivity contribution in [1.82, 2.24) is 10.2 Å². The summed E-state index contributed by atoms with van der Waals surface area (Å²) in [6.45, 7) is 3.29. The van der Waals surface area contributed by atoms with E-state index in [9.17, 15) is 14.0 Å². The van der Waals surface area contributed by atoms with Gasteiger partial charge in [-0.15, -0.1) is 0 Å². The van der Waals surface area contributed by atoms with Crippen molar-refractivity contribution in [1.29, 1.82) is 0 Å². The molecule has 1 N–H and O–H groups in total. The van der Waals surface area contributed by atoms with Gasteiger partial charge in [0.2, 0.25) is 11.8 Å². The largest absolute Gasteiger partial charge is 0.356 e. The number of hydrogen-bond donors (Lipinski definition) is 1. The second-order valence-electron chi connectivity index (χ2n) is 8.17. The van der Waals surface area contributed by atoms with Crippen molar-refractivity contribution < 1.29 is 14.0 Å². The summed E-state index contributed by atoms with van der Waals surface area (Å²) in [6.07, 6.45) is 6.31. The Morgan fingerprint density at radius 1 is 1.06 bits per heavy atom. The van der Waals surface area contributed by atoms with Crippen LogP contribution in [-0.2, 0) is 16.0 Å². The van der Waals surface area contributed by atoms with Crippen LogP contribution < -0.4 is 5.32 Å². The van der Waals surface area contributed by atoms with Crippen molar-refractivity contribution in [3.05, 3.63) is 66.0 Å². The van der Waals surface area contributed by atoms with Gasteiger partial charge in [-0.3, -0.25) is 14.5 Å². The maximum absolute atomic E-state index is 13.3. The van der Waals surface area contributed by atoms with Crippen molar-refractivity contribution in [2.45, 2.75) is 57.1 Å². The predicted molar refractivity (Wildman–Crippen MR) is 133 cm³/mol. The number of amidine groups is 1. The van der Waals surface area contributed by atoms with Crippen LogP contribution in [0.15, 0.2) is 59.6 Å². The molecule has 1 saturated heterocycles. The summed E-state index contributed by atoms with van der Waals surface area (Å²) in [7, 11) is 0. The van der Waals surface area contributed by atoms with Gasteiger partial charge in [-0.05, 0) is 42.7 Å². The number of amides is 2. The molecule has 2 aromatic rings. The Hall–Kier alpha value is -2.67. The van der Waals surface area contributed by atoms with E-state index in [1.807, 2.05) is 30.3 Å². The lowest BCUT2D eigenvalue weighted by Gasteiger charge is -2.16. The fourth-order valence-corrected chi connectivity index (χ4v) is 4.85. The van der Waals surface area contributed by atoms with Gasteiger partial charge in [0, 0.05) is 19.5 Å². The monoisotopic (exact) mass is 469 g/mol. The molecule has 1 atom stereocenters. The molecule has 0 saturated carbocycles. The zero-order valence-corrected chi connectivity index (χ0v) is 20.0. The van der Waals surface area contributed by atoms with E-state index >= 15 is 0 Å². The number of rotatable bonds is 12. The molecule has 0 radical (unpaired) electrons. The third-order valence-corrected chi connectivity index (χ3v) is 6.68. The number of nitrogens with zero attached hydrogens (tertiary/aromatic N) is 2. The van der Waals surface area contributed by atoms with Gasteiger partial charge in [-0.25, -0.2) is 9.38 Å². The molecule has 0 unspecified atom stereocenters. The molecule has 0 spiro atoms. The highest BCUT2D eigenvalue weighted by Gasteiger charge is 2.38. The van der Waals surface area contributed by atoms with Crippen molar-refractivity contribution in [3.63, 3.8) is 0 Å². The Morgan fingerprint density at radius 3 is 2.52 bits per heavy atom. The van der Waals surface area contributed by atoms with Crippen LogP contribution in [0.2, 0.25) is 0 Å². The Bertz CT molecular complexity index is 934. The minimum absolute atomic E-state index is 0.0745. The van der Waals surface area contributed by atoms with Gasteiger partial charge in [-0.2, -0.15) is 0 Å². The van der Waals surface area contributed by atoms with Crippen LogP contribution in [-0.4, -0.2) is 40.2 Å². The molecular formula is C26H32FN3O2S. The van der Waals surface area contributed by atoms with Crippen LogP contribution in [0.4, 0.5) is 10.1 Å². The highest BCUT2D eigenvalue weighted by molar-refractivity contribution is 8.15. The molecule has 3 rings (SSSR count). The van der Waals surface area contributed by atoms with E-state index in [0.717, 1.165) is 37.7 Å². The molecule has 0 aliphatic carbocycles. The summed E-state index contributed by atoms with van der Waals surface area (Å²) in [5.74, 6) is -0.538. The van der Waals surface area contributed by atoms with Gasteiger partial charge in [0.15, 0.2) is 5.17 Å². The number of thioether (sulfide) groups is 1. The van der Waals surface area contributed by atoms with Crippen LogP contribution in [0.25, 0.3) is 0 Å². The fraction of sp³-hybridized carbons (Fsp3) is 0.423. The zero-order valence-electron chi connectivity index (χ0n) is 19.1. The molecule has 1 aliphatic heterocycles. The summed E-state index contributed by atoms with van der Waals surface area (Å²) in [6, 6.07) is 15.9. The SMILES string of the molecule is CCCCCCCN1C(=O)[C@H](CC(=O)NCCc2ccccc2)SC1=Nc1ccc(F)cc1. The van der Waals surface area contributed by atoms with E-state index in [2.05, 4.69) is 17.2 Å². The smallest absolute Gasteiger partial charge is 0.242 e. The number of unbranched alkanes of at least 4 members (excludes halogenated alkanes) is 4. The minimum atomic E-state index is -0.489. The maximum Gasteiger partial charge on any atom is 0.242 e. The van der Waals surface area contributed by atoms with Crippen LogP contribution in [0.5, 0.6) is 0 Å². The molecule has 2 aromatic carbocycles. The van der Waals surface area contributed by atoms with E-state index < -0.39 is 5.25 Å². The van der Waals surface area contributed by atoms with Crippen LogP contribution in [0.3, 0.4) is 0 Å². The highest BCUT2D eigenvalue weighted by Crippen LogP contribution is 2.32. The third kappa shape index (κ3) is 8.00. The van der Waals surface area contributed by atoms with Crippen LogP contribution in [0, 0.1) is 5.82 Å². The van der Waals surface area contributed by atoms with E-state index in [4.69, 9.17) is 0 Å². The Morgan fingerprint density at radius 2 is 1.79 bits per heavy atom. The Labute approximate surface area is 199 Å². The molecule has 1 aliphatic rings. The number of halogens is 1. The van der Waals surface area contributed by atoms with Gasteiger partial charge in [0.25, 0.3) is 0 Å². The molecule has 1 heterocycles. The molecule has 0 bridgehead atoms. The minimum Gasteiger partial charge on any atom is -0.356 e. The number of carbonyl (C=O) groups is 2. The Kier molecular flexibility index (Phi) is 9.94. The number of aliphatic imine (C=N–C) groups is 1. The summed E-state index contributed by atoms with van der Waals surface area (Å²) in [5.41, 5.74) is 1.75. The number of hydrogen-bond acceptors (Lipinski definition) is 4. The van der Waals surface area contributed by atoms with Gasteiger partial charge in [-0.1, -0.05) is 74.7 Å². The van der Waals surface area contributed by atoms with Crippen LogP contribution in [0.1, 0.15) is 51.0 Å². The first-order valence-corrected chi connectivity index (χ1v) is 12.6. The van der Waals surface area contributed by atoms with Gasteiger partial charge >= 0.3 is 0 Å². The van der Waals surface area contributed by atoms with Gasteiger partial charge < -0.3 is 5.32 Å². The second kappa shape index (κ2) is 13.1. The van der Waals surface area contributed by atoms with Crippen LogP contribution >= 0.6 is 11.8 Å². The molecule has 176 valence electrons. The standard InChI is InChI=1S/C26H32FN3O2S/c1-2-3-4-5-9-18-30-25(32)23(33-26(30)29-22-14-12-21(27)13-15-22)19-24(31)28-17-16-20-10-7-6-8-11-20/h6-8,10-15,23H,2-5,9,16-19H2,1H3,(H,28,31)/t23-/m0/s1. The number of carbonyl (C=O) groups excluding carboxylic acids is 2. The Balaban J connectivity index is 1.59. The van der Waals surface area contributed by atoms with E-state index in [0.29, 0.717) is 23.9 Å². The van der Waals surface area contributed by atoms with E-state index in [1.165, 1.54) is 30.3 Å². The average molecular weight is 470 g/mol. The lowest BCUT2D eigenvalue weighted by Crippen LogP contribution is -2.35. The number of nitrogens with one attached hydrogen (secondary N) is 1. The van der Waals surface area contributed by atoms with Crippen molar-refractivity contribution in [3.8, 4) is 0 Å². The van der Waals surface area contributed by atoms with Crippen molar-refractivity contribution in [2.75, 3.05) is 13.1 Å². The first-order valence-electron chi connectivity index (χ1n) is 11.7. The predicted octanol–water partition coefficient (Wildman–Crippen LogP) is 5.48. The molecule has 2 amide bonds. The normalized spacial score (nSPS) is 17.0. The average Bonchev–Trinajstić information content (AvgIpc) is 3.10. The molecule has 33 heavy (non-hydrogen) atoms. The molecule has 5 nitrogen and oxygen atoms in total. The maximum atomic E-state index is 13.3. The van der Waals surface area contributed by atoms with E-state index in [1.54, 1.807) is 17.0 Å². The highest BCUT2D eigenvalue weighted by atomic mass is 32.2. The van der Waals surface area contributed by atoms with E-state index in [-0.39, 0.29) is 24.1 Å². The second-order valence-corrected chi connectivity index (χ2v) is 9.34. The van der Waals surface area contributed by atoms with Crippen molar-refractivity contribution in [2.24, 2.45) is 4.99 Å². The first kappa shape index (κ1) is 25.0. The summed E-state index contributed by atoms with van der Waals surface area (Å²) in [4.78, 5) is 31.9. The fourth-order valence-electron chi connectivity index (χ4n) is 3.66. The summed E-state index contributed by atoms with van der Waals surface area (Å²) >= 11 is 1.32. The topological polar surface area (TPSA) is 61.8 Å². The number of benzene rings is 2. The third-order valence-electron chi connectivity index (χ3n) is 5.51. The van der Waals surface area contributed by atoms with Crippen molar-refractivity contribution >= 4 is 34.4 Å². The lowest BCUT2D eigenvalue weighted by atomic mass is 10.1. The van der Waals surface area contributed by atoms with Gasteiger partial charge in [0.05, 0.1) is 5.69 Å². The molecule has 0 aromatic heterocycles. The molecule has 7 heteroatoms. The lowest BCUT2D eigenvalue weighted by molar-refractivity contribution is -0.129. The zero-order chi connectivity index (χ0) is 23.5. The summed E-state index contributed by atoms with van der Waals surface area (Å²) in [5, 5.41) is 3.02. The quantitative estimate of drug-likeness (QED) is 0.419. The molecular weight excluding hydrogens is 437 g/mol. The van der Waals surface area contributed by atoms with Gasteiger partial charge in [0.1, 0.15) is 11.1 Å².